The topological polar surface area (TPSA) is 79.2 Å². The number of halogens is 1. The second-order valence-corrected chi connectivity index (χ2v) is 6.68. The number of amides is 1. The summed E-state index contributed by atoms with van der Waals surface area (Å²) in [5.41, 5.74) is 0.564. The summed E-state index contributed by atoms with van der Waals surface area (Å²) in [6.07, 6.45) is 6.31. The van der Waals surface area contributed by atoms with Crippen molar-refractivity contribution < 1.29 is 14.3 Å². The molecule has 7 heteroatoms. The van der Waals surface area contributed by atoms with Crippen LogP contribution in [0.1, 0.15) is 19.3 Å². The summed E-state index contributed by atoms with van der Waals surface area (Å²) in [6.45, 7) is -0.305. The molecule has 0 saturated carbocycles. The fourth-order valence-electron chi connectivity index (χ4n) is 2.16. The first kappa shape index (κ1) is 17.6. The van der Waals surface area contributed by atoms with Gasteiger partial charge in [0.15, 0.2) is 6.61 Å². The van der Waals surface area contributed by atoms with Crippen molar-refractivity contribution in [2.24, 2.45) is 5.92 Å². The van der Waals surface area contributed by atoms with Crippen LogP contribution in [-0.2, 0) is 14.3 Å². The van der Waals surface area contributed by atoms with Crippen LogP contribution in [0.15, 0.2) is 39.7 Å². The third-order valence-corrected chi connectivity index (χ3v) is 4.56. The summed E-state index contributed by atoms with van der Waals surface area (Å²) in [5, 5.41) is 13.3. The van der Waals surface area contributed by atoms with Crippen LogP contribution in [0.25, 0.3) is 0 Å². The molecule has 5 nitrogen and oxygen atoms in total. The predicted molar refractivity (Wildman–Crippen MR) is 91.7 cm³/mol. The van der Waals surface area contributed by atoms with Crippen molar-refractivity contribution in [1.82, 2.24) is 0 Å². The van der Waals surface area contributed by atoms with E-state index in [1.807, 2.05) is 17.6 Å². The Morgan fingerprint density at radius 3 is 2.91 bits per heavy atom. The Morgan fingerprint density at radius 1 is 1.43 bits per heavy atom. The molecule has 0 aromatic heterocycles. The van der Waals surface area contributed by atoms with Gasteiger partial charge in [-0.1, -0.05) is 12.2 Å². The van der Waals surface area contributed by atoms with Crippen LogP contribution in [0.5, 0.6) is 0 Å². The minimum Gasteiger partial charge on any atom is -0.455 e. The summed E-state index contributed by atoms with van der Waals surface area (Å²) < 4.78 is 5.73. The number of carbonyl (C=O) groups excluding carboxylic acids is 2. The van der Waals surface area contributed by atoms with Crippen LogP contribution >= 0.6 is 27.7 Å². The number of rotatable bonds is 5. The number of ether oxygens (including phenoxy) is 1. The van der Waals surface area contributed by atoms with Gasteiger partial charge in [-0.2, -0.15) is 5.26 Å². The number of allylic oxidation sites excluding steroid dienone is 2. The van der Waals surface area contributed by atoms with Gasteiger partial charge in [0.05, 0.1) is 11.6 Å². The molecular formula is C16H15BrN2O3S. The van der Waals surface area contributed by atoms with Crippen LogP contribution in [0.2, 0.25) is 0 Å². The quantitative estimate of drug-likeness (QED) is 0.355. The van der Waals surface area contributed by atoms with E-state index in [2.05, 4.69) is 21.2 Å². The highest BCUT2D eigenvalue weighted by molar-refractivity contribution is 9.10. The molecule has 1 atom stereocenters. The fraction of sp³-hybridized carbons (Fsp3) is 0.312. The van der Waals surface area contributed by atoms with Crippen LogP contribution in [0.4, 0.5) is 5.69 Å². The molecular weight excluding hydrogens is 380 g/mol. The average molecular weight is 395 g/mol. The molecule has 0 fully saturated rings. The maximum absolute atomic E-state index is 11.9. The number of hydrogen-bond acceptors (Lipinski definition) is 5. The van der Waals surface area contributed by atoms with E-state index in [0.29, 0.717) is 16.6 Å². The number of nitrogens with one attached hydrogen (secondary N) is 1. The molecule has 0 unspecified atom stereocenters. The summed E-state index contributed by atoms with van der Waals surface area (Å²) in [4.78, 5) is 24.5. The monoisotopic (exact) mass is 394 g/mol. The number of anilines is 1. The maximum atomic E-state index is 11.9. The number of nitriles is 1. The molecule has 0 heterocycles. The predicted octanol–water partition coefficient (Wildman–Crippen LogP) is 3.86. The first-order valence-electron chi connectivity index (χ1n) is 7.07. The van der Waals surface area contributed by atoms with Gasteiger partial charge in [0.2, 0.25) is 0 Å². The minimum absolute atomic E-state index is 0.151. The number of hydrogen-bond donors (Lipinski definition) is 1. The highest BCUT2D eigenvalue weighted by Gasteiger charge is 2.21. The maximum Gasteiger partial charge on any atom is 0.309 e. The third-order valence-electron chi connectivity index (χ3n) is 3.33. The van der Waals surface area contributed by atoms with Crippen LogP contribution in [0.3, 0.4) is 0 Å². The van der Waals surface area contributed by atoms with Crippen molar-refractivity contribution in [1.29, 1.82) is 5.26 Å². The first-order valence-corrected chi connectivity index (χ1v) is 8.68. The van der Waals surface area contributed by atoms with Gasteiger partial charge in [-0.05, 0) is 65.2 Å². The molecule has 23 heavy (non-hydrogen) atoms. The third kappa shape index (κ3) is 5.41. The molecule has 1 aliphatic carbocycles. The zero-order chi connectivity index (χ0) is 16.7. The number of carbonyl (C=O) groups is 2. The zero-order valence-corrected chi connectivity index (χ0v) is 14.7. The lowest BCUT2D eigenvalue weighted by Crippen LogP contribution is -2.25. The van der Waals surface area contributed by atoms with Crippen molar-refractivity contribution >= 4 is 45.3 Å². The lowest BCUT2D eigenvalue weighted by molar-refractivity contribution is -0.151. The second kappa shape index (κ2) is 8.75. The van der Waals surface area contributed by atoms with E-state index in [4.69, 9.17) is 10.00 Å². The Labute approximate surface area is 147 Å². The van der Waals surface area contributed by atoms with Crippen molar-refractivity contribution in [3.05, 3.63) is 34.8 Å². The minimum atomic E-state index is -0.397. The molecule has 1 aromatic carbocycles. The van der Waals surface area contributed by atoms with E-state index in [1.54, 1.807) is 18.2 Å². The zero-order valence-electron chi connectivity index (χ0n) is 12.3. The largest absolute Gasteiger partial charge is 0.455 e. The fourth-order valence-corrected chi connectivity index (χ4v) is 3.21. The van der Waals surface area contributed by atoms with E-state index >= 15 is 0 Å². The van der Waals surface area contributed by atoms with Gasteiger partial charge in [0, 0.05) is 9.37 Å². The molecule has 0 spiro atoms. The second-order valence-electron chi connectivity index (χ2n) is 4.97. The highest BCUT2D eigenvalue weighted by atomic mass is 79.9. The molecule has 1 N–H and O–H groups in total. The number of thioether (sulfide) groups is 1. The summed E-state index contributed by atoms with van der Waals surface area (Å²) in [7, 11) is 0. The number of benzene rings is 1. The Hall–Kier alpha value is -1.78. The molecule has 0 radical (unpaired) electrons. The standard InChI is InChI=1S/C16H15BrN2O3S/c17-13-8-12(23-10-18)6-7-14(13)19-15(20)9-22-16(21)11-4-2-1-3-5-11/h1-2,6-8,11H,3-5,9H2,(H,19,20)/t11-/m0/s1. The van der Waals surface area contributed by atoms with E-state index in [9.17, 15) is 9.59 Å². The summed E-state index contributed by atoms with van der Waals surface area (Å²) >= 11 is 4.37. The molecule has 1 amide bonds. The normalized spacial score (nSPS) is 16.4. The summed E-state index contributed by atoms with van der Waals surface area (Å²) in [5.74, 6) is -0.878. The molecule has 0 bridgehead atoms. The molecule has 0 aliphatic heterocycles. The van der Waals surface area contributed by atoms with E-state index in [1.165, 1.54) is 0 Å². The van der Waals surface area contributed by atoms with E-state index in [-0.39, 0.29) is 18.5 Å². The van der Waals surface area contributed by atoms with Gasteiger partial charge >= 0.3 is 5.97 Å². The van der Waals surface area contributed by atoms with Gasteiger partial charge < -0.3 is 10.1 Å². The van der Waals surface area contributed by atoms with E-state index < -0.39 is 5.91 Å². The molecule has 1 aromatic rings. The van der Waals surface area contributed by atoms with Gasteiger partial charge in [0.1, 0.15) is 5.40 Å². The van der Waals surface area contributed by atoms with Crippen LogP contribution < -0.4 is 5.32 Å². The van der Waals surface area contributed by atoms with Crippen LogP contribution in [0, 0.1) is 16.6 Å². The van der Waals surface area contributed by atoms with Gasteiger partial charge in [-0.15, -0.1) is 0 Å². The number of thiocyanates is 1. The van der Waals surface area contributed by atoms with Crippen molar-refractivity contribution in [2.45, 2.75) is 24.2 Å². The Morgan fingerprint density at radius 2 is 2.26 bits per heavy atom. The number of esters is 1. The Bertz CT molecular complexity index is 670. The first-order chi connectivity index (χ1) is 11.1. The molecule has 2 rings (SSSR count). The lowest BCUT2D eigenvalue weighted by atomic mass is 9.95. The van der Waals surface area contributed by atoms with Crippen molar-refractivity contribution in [3.8, 4) is 5.40 Å². The van der Waals surface area contributed by atoms with E-state index in [0.717, 1.165) is 29.5 Å². The van der Waals surface area contributed by atoms with Crippen molar-refractivity contribution in [2.75, 3.05) is 11.9 Å². The summed E-state index contributed by atoms with van der Waals surface area (Å²) in [6, 6.07) is 5.16. The van der Waals surface area contributed by atoms with Crippen molar-refractivity contribution in [3.63, 3.8) is 0 Å². The molecule has 0 saturated heterocycles. The Balaban J connectivity index is 1.84. The highest BCUT2D eigenvalue weighted by Crippen LogP contribution is 2.28. The average Bonchev–Trinajstić information content (AvgIpc) is 2.56. The lowest BCUT2D eigenvalue weighted by Gasteiger charge is -2.16. The van der Waals surface area contributed by atoms with Gasteiger partial charge in [-0.3, -0.25) is 9.59 Å². The molecule has 120 valence electrons. The van der Waals surface area contributed by atoms with Crippen LogP contribution in [-0.4, -0.2) is 18.5 Å². The number of nitrogens with zero attached hydrogens (tertiary/aromatic N) is 1. The Kier molecular flexibility index (Phi) is 6.68. The van der Waals surface area contributed by atoms with Gasteiger partial charge in [0.25, 0.3) is 5.91 Å². The smallest absolute Gasteiger partial charge is 0.309 e. The molecule has 1 aliphatic rings. The SMILES string of the molecule is N#CSc1ccc(NC(=O)COC(=O)[C@H]2CC=CCC2)c(Br)c1. The van der Waals surface area contributed by atoms with Gasteiger partial charge in [-0.25, -0.2) is 0 Å².